The van der Waals surface area contributed by atoms with Crippen molar-refractivity contribution in [3.05, 3.63) is 59.7 Å². The van der Waals surface area contributed by atoms with Crippen LogP contribution in [0.4, 0.5) is 18.0 Å². The maximum Gasteiger partial charge on any atom is 0.422 e. The summed E-state index contributed by atoms with van der Waals surface area (Å²) in [5.41, 5.74) is 0.363. The highest BCUT2D eigenvalue weighted by atomic mass is 19.4. The van der Waals surface area contributed by atoms with Gasteiger partial charge in [0.05, 0.1) is 0 Å². The van der Waals surface area contributed by atoms with Gasteiger partial charge in [0.25, 0.3) is 0 Å². The van der Waals surface area contributed by atoms with Crippen LogP contribution in [0.2, 0.25) is 0 Å². The van der Waals surface area contributed by atoms with Crippen LogP contribution in [-0.4, -0.2) is 35.5 Å². The molecular formula is C22H22F3NO4. The van der Waals surface area contributed by atoms with Gasteiger partial charge < -0.3 is 9.84 Å². The Hall–Kier alpha value is -3.03. The van der Waals surface area contributed by atoms with E-state index in [0.29, 0.717) is 6.42 Å². The summed E-state index contributed by atoms with van der Waals surface area (Å²) in [6, 6.07) is 15.0. The molecule has 0 fully saturated rings. The van der Waals surface area contributed by atoms with Crippen molar-refractivity contribution in [3.63, 3.8) is 0 Å². The number of aliphatic carboxylic acids is 1. The lowest BCUT2D eigenvalue weighted by molar-refractivity contribution is -0.210. The number of alkyl carbamates (subject to hydrolysis) is 1. The van der Waals surface area contributed by atoms with E-state index in [1.54, 1.807) is 12.2 Å². The predicted octanol–water partition coefficient (Wildman–Crippen LogP) is 5.10. The maximum atomic E-state index is 13.6. The summed E-state index contributed by atoms with van der Waals surface area (Å²) in [5, 5.41) is 10.9. The van der Waals surface area contributed by atoms with Crippen LogP contribution in [0.5, 0.6) is 0 Å². The number of hydrogen-bond acceptors (Lipinski definition) is 3. The largest absolute Gasteiger partial charge is 0.479 e. The lowest BCUT2D eigenvalue weighted by atomic mass is 9.92. The molecular weight excluding hydrogens is 399 g/mol. The molecule has 2 aromatic rings. The van der Waals surface area contributed by atoms with Gasteiger partial charge in [0.1, 0.15) is 6.61 Å². The molecule has 1 atom stereocenters. The van der Waals surface area contributed by atoms with E-state index < -0.39 is 30.2 Å². The standard InChI is InChI=1S/C22H22F3NO4/c1-2-3-12-21(19(27)28,22(23,24)25)26-20(29)30-13-18-16-10-6-4-8-14(16)15-9-5-7-11-17(15)18/h4-11,18H,2-3,12-13H2,1H3,(H,26,29)(H,27,28)/t21-/m0/s1. The van der Waals surface area contributed by atoms with E-state index in [1.165, 1.54) is 0 Å². The summed E-state index contributed by atoms with van der Waals surface area (Å²) in [4.78, 5) is 23.8. The molecule has 1 aliphatic carbocycles. The zero-order chi connectivity index (χ0) is 21.9. The highest BCUT2D eigenvalue weighted by molar-refractivity contribution is 5.85. The lowest BCUT2D eigenvalue weighted by Crippen LogP contribution is -2.64. The molecule has 3 rings (SSSR count). The molecule has 0 heterocycles. The highest BCUT2D eigenvalue weighted by Crippen LogP contribution is 2.44. The quantitative estimate of drug-likeness (QED) is 0.652. The average Bonchev–Trinajstić information content (AvgIpc) is 3.02. The van der Waals surface area contributed by atoms with Gasteiger partial charge in [-0.3, -0.25) is 5.32 Å². The van der Waals surface area contributed by atoms with E-state index >= 15 is 0 Å². The smallest absolute Gasteiger partial charge is 0.422 e. The molecule has 1 aliphatic rings. The fraction of sp³-hybridized carbons (Fsp3) is 0.364. The van der Waals surface area contributed by atoms with Crippen molar-refractivity contribution in [1.29, 1.82) is 0 Å². The Bertz CT molecular complexity index is 898. The summed E-state index contributed by atoms with van der Waals surface area (Å²) >= 11 is 0. The number of rotatable bonds is 7. The van der Waals surface area contributed by atoms with Crippen LogP contribution < -0.4 is 5.32 Å². The van der Waals surface area contributed by atoms with E-state index in [2.05, 4.69) is 0 Å². The third kappa shape index (κ3) is 3.86. The van der Waals surface area contributed by atoms with E-state index in [0.717, 1.165) is 22.3 Å². The molecule has 5 nitrogen and oxygen atoms in total. The van der Waals surface area contributed by atoms with E-state index in [4.69, 9.17) is 4.74 Å². The molecule has 2 N–H and O–H groups in total. The van der Waals surface area contributed by atoms with Crippen molar-refractivity contribution in [2.24, 2.45) is 0 Å². The number of halogens is 3. The van der Waals surface area contributed by atoms with Crippen LogP contribution >= 0.6 is 0 Å². The maximum absolute atomic E-state index is 13.6. The number of carboxylic acid groups (broad SMARTS) is 1. The van der Waals surface area contributed by atoms with Crippen molar-refractivity contribution in [3.8, 4) is 11.1 Å². The molecule has 0 saturated carbocycles. The van der Waals surface area contributed by atoms with Crippen molar-refractivity contribution in [2.75, 3.05) is 6.61 Å². The fourth-order valence-corrected chi connectivity index (χ4v) is 3.81. The molecule has 160 valence electrons. The second-order valence-electron chi connectivity index (χ2n) is 7.26. The van der Waals surface area contributed by atoms with Gasteiger partial charge in [-0.15, -0.1) is 0 Å². The molecule has 0 spiro atoms. The van der Waals surface area contributed by atoms with E-state index in [9.17, 15) is 27.9 Å². The van der Waals surface area contributed by atoms with Gasteiger partial charge in [-0.2, -0.15) is 13.2 Å². The molecule has 0 radical (unpaired) electrons. The minimum absolute atomic E-state index is 0.0184. The Morgan fingerprint density at radius 3 is 2.03 bits per heavy atom. The van der Waals surface area contributed by atoms with Crippen LogP contribution in [0.15, 0.2) is 48.5 Å². The SMILES string of the molecule is CCCC[C@](NC(=O)OCC1c2ccccc2-c2ccccc21)(C(=O)O)C(F)(F)F. The summed E-state index contributed by atoms with van der Waals surface area (Å²) in [6.07, 6.45) is -7.02. The fourth-order valence-electron chi connectivity index (χ4n) is 3.81. The Morgan fingerprint density at radius 2 is 1.57 bits per heavy atom. The second-order valence-corrected chi connectivity index (χ2v) is 7.26. The second kappa shape index (κ2) is 8.38. The van der Waals surface area contributed by atoms with Crippen molar-refractivity contribution in [1.82, 2.24) is 5.32 Å². The van der Waals surface area contributed by atoms with Gasteiger partial charge in [0.15, 0.2) is 0 Å². The summed E-state index contributed by atoms with van der Waals surface area (Å²) < 4.78 is 45.9. The van der Waals surface area contributed by atoms with Gasteiger partial charge >= 0.3 is 18.2 Å². The number of benzene rings is 2. The summed E-state index contributed by atoms with van der Waals surface area (Å²) in [6.45, 7) is 1.43. The number of alkyl halides is 3. The molecule has 0 unspecified atom stereocenters. The van der Waals surface area contributed by atoms with Crippen molar-refractivity contribution >= 4 is 12.1 Å². The molecule has 0 saturated heterocycles. The number of fused-ring (bicyclic) bond motifs is 3. The first-order valence-corrected chi connectivity index (χ1v) is 9.64. The number of carbonyl (C=O) groups is 2. The minimum Gasteiger partial charge on any atom is -0.479 e. The van der Waals surface area contributed by atoms with Crippen LogP contribution in [0.1, 0.15) is 43.2 Å². The molecule has 30 heavy (non-hydrogen) atoms. The summed E-state index contributed by atoms with van der Waals surface area (Å²) in [7, 11) is 0. The van der Waals surface area contributed by atoms with Crippen LogP contribution in [-0.2, 0) is 9.53 Å². The summed E-state index contributed by atoms with van der Waals surface area (Å²) in [5.74, 6) is -2.50. The monoisotopic (exact) mass is 421 g/mol. The van der Waals surface area contributed by atoms with E-state index in [1.807, 2.05) is 48.5 Å². The van der Waals surface area contributed by atoms with Gasteiger partial charge in [-0.05, 0) is 28.7 Å². The van der Waals surface area contributed by atoms with Crippen LogP contribution in [0.25, 0.3) is 11.1 Å². The number of unbranched alkanes of at least 4 members (excludes halogenated alkanes) is 1. The molecule has 0 aliphatic heterocycles. The Labute approximate surface area is 171 Å². The Morgan fingerprint density at radius 1 is 1.03 bits per heavy atom. The molecule has 1 amide bonds. The molecule has 2 aromatic carbocycles. The zero-order valence-electron chi connectivity index (χ0n) is 16.3. The van der Waals surface area contributed by atoms with Gasteiger partial charge in [-0.1, -0.05) is 68.3 Å². The molecule has 8 heteroatoms. The third-order valence-electron chi connectivity index (χ3n) is 5.41. The normalized spacial score (nSPS) is 15.1. The molecule has 0 bridgehead atoms. The number of carbonyl (C=O) groups excluding carboxylic acids is 1. The number of amides is 1. The first-order valence-electron chi connectivity index (χ1n) is 9.64. The van der Waals surface area contributed by atoms with Crippen LogP contribution in [0.3, 0.4) is 0 Å². The average molecular weight is 421 g/mol. The lowest BCUT2D eigenvalue weighted by Gasteiger charge is -2.32. The highest BCUT2D eigenvalue weighted by Gasteiger charge is 2.61. The number of nitrogens with one attached hydrogen (secondary N) is 1. The third-order valence-corrected chi connectivity index (χ3v) is 5.41. The number of ether oxygens (including phenoxy) is 1. The predicted molar refractivity (Wildman–Crippen MR) is 104 cm³/mol. The number of carboxylic acids is 1. The van der Waals surface area contributed by atoms with Gasteiger partial charge in [0, 0.05) is 5.92 Å². The van der Waals surface area contributed by atoms with Crippen molar-refractivity contribution < 1.29 is 32.6 Å². The first-order chi connectivity index (χ1) is 14.2. The number of hydrogen-bond donors (Lipinski definition) is 2. The topological polar surface area (TPSA) is 75.6 Å². The Balaban J connectivity index is 1.79. The minimum atomic E-state index is -5.17. The molecule has 0 aromatic heterocycles. The van der Waals surface area contributed by atoms with E-state index in [-0.39, 0.29) is 18.9 Å². The van der Waals surface area contributed by atoms with Gasteiger partial charge in [-0.25, -0.2) is 9.59 Å². The Kier molecular flexibility index (Phi) is 6.05. The van der Waals surface area contributed by atoms with Gasteiger partial charge in [0.2, 0.25) is 5.54 Å². The van der Waals surface area contributed by atoms with Crippen LogP contribution in [0, 0.1) is 0 Å². The zero-order valence-corrected chi connectivity index (χ0v) is 16.3. The van der Waals surface area contributed by atoms with Crippen molar-refractivity contribution in [2.45, 2.75) is 43.8 Å². The first kappa shape index (κ1) is 21.7.